The molecule has 1 aliphatic heterocycles. The van der Waals surface area contributed by atoms with Crippen LogP contribution >= 0.6 is 0 Å². The predicted octanol–water partition coefficient (Wildman–Crippen LogP) is 3.47. The zero-order chi connectivity index (χ0) is 31.6. The highest BCUT2D eigenvalue weighted by Gasteiger charge is 2.37. The van der Waals surface area contributed by atoms with Gasteiger partial charge in [0.1, 0.15) is 12.1 Å². The number of rotatable bonds is 12. The number of carbonyl (C=O) groups excluding carboxylic acids is 4. The zero-order valence-corrected chi connectivity index (χ0v) is 26.4. The Morgan fingerprint density at radius 1 is 0.886 bits per heavy atom. The molecular formula is C35H47N5O4. The van der Waals surface area contributed by atoms with Gasteiger partial charge in [-0.2, -0.15) is 0 Å². The third kappa shape index (κ3) is 8.56. The van der Waals surface area contributed by atoms with Crippen LogP contribution in [0.15, 0.2) is 67.0 Å². The van der Waals surface area contributed by atoms with E-state index < -0.39 is 18.1 Å². The van der Waals surface area contributed by atoms with E-state index in [-0.39, 0.29) is 42.1 Å². The van der Waals surface area contributed by atoms with Crippen LogP contribution in [-0.4, -0.2) is 71.2 Å². The van der Waals surface area contributed by atoms with Crippen LogP contribution in [0.5, 0.6) is 0 Å². The molecule has 4 rings (SSSR count). The van der Waals surface area contributed by atoms with Crippen molar-refractivity contribution in [2.75, 3.05) is 13.6 Å². The summed E-state index contributed by atoms with van der Waals surface area (Å²) in [5.74, 6) is -1.16. The average Bonchev–Trinajstić information content (AvgIpc) is 3.04. The Balaban J connectivity index is 1.49. The quantitative estimate of drug-likeness (QED) is 0.345. The summed E-state index contributed by atoms with van der Waals surface area (Å²) in [6.45, 7) is 5.48. The molecule has 1 heterocycles. The van der Waals surface area contributed by atoms with Crippen molar-refractivity contribution in [2.24, 2.45) is 5.92 Å². The Hall–Kier alpha value is -3.98. The van der Waals surface area contributed by atoms with Gasteiger partial charge in [0.05, 0.1) is 12.6 Å². The van der Waals surface area contributed by atoms with E-state index in [1.54, 1.807) is 31.3 Å². The minimum absolute atomic E-state index is 0.0114. The molecule has 0 spiro atoms. The first-order chi connectivity index (χ1) is 21.2. The van der Waals surface area contributed by atoms with Gasteiger partial charge in [0.15, 0.2) is 0 Å². The van der Waals surface area contributed by atoms with E-state index in [4.69, 9.17) is 0 Å². The molecule has 3 N–H and O–H groups in total. The molecule has 0 aromatic heterocycles. The van der Waals surface area contributed by atoms with Crippen molar-refractivity contribution >= 4 is 23.6 Å². The smallest absolute Gasteiger partial charge is 0.250 e. The number of nitrogens with zero attached hydrogens (tertiary/aromatic N) is 2. The fourth-order valence-electron chi connectivity index (χ4n) is 6.06. The summed E-state index contributed by atoms with van der Waals surface area (Å²) in [4.78, 5) is 56.9. The number of aryl methyl sites for hydroxylation is 1. The van der Waals surface area contributed by atoms with Crippen molar-refractivity contribution in [3.63, 3.8) is 0 Å². The SMILES string of the molecule is CN[C@@H](C)C(=O)N[C@H](C(=O)NCC(=O)N1C=CN([C@@H](C)Cc2ccccc2)C(=O)[C@@H]1Cc1ccc(C)cc1)C1CCCCC1. The number of carbonyl (C=O) groups is 4. The normalized spacial score (nSPS) is 19.3. The molecule has 1 saturated carbocycles. The number of likely N-dealkylation sites (N-methyl/N-ethyl adjacent to an activating group) is 1. The largest absolute Gasteiger partial charge is 0.345 e. The Kier molecular flexibility index (Phi) is 11.7. The van der Waals surface area contributed by atoms with Gasteiger partial charge in [-0.1, -0.05) is 79.4 Å². The van der Waals surface area contributed by atoms with Crippen molar-refractivity contribution in [1.29, 1.82) is 0 Å². The van der Waals surface area contributed by atoms with Crippen LogP contribution in [0.25, 0.3) is 0 Å². The fraction of sp³-hybridized carbons (Fsp3) is 0.486. The highest BCUT2D eigenvalue weighted by Crippen LogP contribution is 2.27. The first kappa shape index (κ1) is 32.9. The maximum atomic E-state index is 13.9. The first-order valence-corrected chi connectivity index (χ1v) is 15.8. The fourth-order valence-corrected chi connectivity index (χ4v) is 6.06. The number of amides is 4. The third-order valence-electron chi connectivity index (χ3n) is 8.89. The molecule has 2 aromatic rings. The van der Waals surface area contributed by atoms with E-state index in [1.807, 2.05) is 68.4 Å². The van der Waals surface area contributed by atoms with Crippen LogP contribution in [0.3, 0.4) is 0 Å². The molecule has 44 heavy (non-hydrogen) atoms. The van der Waals surface area contributed by atoms with Crippen molar-refractivity contribution in [3.8, 4) is 0 Å². The Labute approximate surface area is 261 Å². The van der Waals surface area contributed by atoms with Gasteiger partial charge < -0.3 is 25.8 Å². The minimum atomic E-state index is -0.754. The highest BCUT2D eigenvalue weighted by molar-refractivity contribution is 5.94. The van der Waals surface area contributed by atoms with Gasteiger partial charge in [-0.15, -0.1) is 0 Å². The molecule has 1 fully saturated rings. The molecule has 2 aromatic carbocycles. The van der Waals surface area contributed by atoms with Crippen molar-refractivity contribution in [3.05, 3.63) is 83.7 Å². The predicted molar refractivity (Wildman–Crippen MR) is 171 cm³/mol. The van der Waals surface area contributed by atoms with E-state index >= 15 is 0 Å². The Morgan fingerprint density at radius 3 is 2.23 bits per heavy atom. The van der Waals surface area contributed by atoms with E-state index in [1.165, 1.54) is 4.90 Å². The van der Waals surface area contributed by atoms with Gasteiger partial charge in [-0.3, -0.25) is 19.2 Å². The van der Waals surface area contributed by atoms with Gasteiger partial charge in [-0.25, -0.2) is 0 Å². The van der Waals surface area contributed by atoms with E-state index in [9.17, 15) is 19.2 Å². The summed E-state index contributed by atoms with van der Waals surface area (Å²) in [5.41, 5.74) is 3.18. The van der Waals surface area contributed by atoms with Gasteiger partial charge in [0.25, 0.3) is 0 Å². The first-order valence-electron chi connectivity index (χ1n) is 15.8. The summed E-state index contributed by atoms with van der Waals surface area (Å²) in [6, 6.07) is 15.9. The highest BCUT2D eigenvalue weighted by atomic mass is 16.2. The monoisotopic (exact) mass is 601 g/mol. The van der Waals surface area contributed by atoms with Gasteiger partial charge in [0, 0.05) is 24.9 Å². The van der Waals surface area contributed by atoms with Crippen molar-refractivity contribution in [2.45, 2.75) is 89.9 Å². The zero-order valence-electron chi connectivity index (χ0n) is 26.4. The Bertz CT molecular complexity index is 1310. The molecule has 0 bridgehead atoms. The standard InChI is InChI=1S/C35H47N5O4/c1-24-15-17-28(18-16-24)22-30-35(44)39(25(2)21-27-11-7-5-8-12-27)19-20-40(30)31(41)23-37-34(43)32(29-13-9-6-10-14-29)38-33(42)26(3)36-4/h5,7-8,11-12,15-20,25-26,29-30,32,36H,6,9-10,13-14,21-23H2,1-4H3,(H,37,43)(H,38,42)/t25-,26-,30-,32-/m0/s1. The van der Waals surface area contributed by atoms with Crippen LogP contribution in [0.4, 0.5) is 0 Å². The number of nitrogens with one attached hydrogen (secondary N) is 3. The molecule has 9 nitrogen and oxygen atoms in total. The second-order valence-corrected chi connectivity index (χ2v) is 12.2. The lowest BCUT2D eigenvalue weighted by atomic mass is 9.83. The second-order valence-electron chi connectivity index (χ2n) is 12.2. The van der Waals surface area contributed by atoms with E-state index in [0.29, 0.717) is 12.8 Å². The lowest BCUT2D eigenvalue weighted by Gasteiger charge is -2.38. The number of hydrogen-bond acceptors (Lipinski definition) is 5. The lowest BCUT2D eigenvalue weighted by molar-refractivity contribution is -0.144. The molecule has 9 heteroatoms. The minimum Gasteiger partial charge on any atom is -0.345 e. The Morgan fingerprint density at radius 2 is 1.57 bits per heavy atom. The van der Waals surface area contributed by atoms with Crippen LogP contribution < -0.4 is 16.0 Å². The summed E-state index contributed by atoms with van der Waals surface area (Å²) in [5, 5.41) is 8.62. The summed E-state index contributed by atoms with van der Waals surface area (Å²) >= 11 is 0. The molecule has 0 unspecified atom stereocenters. The van der Waals surface area contributed by atoms with Crippen LogP contribution in [0, 0.1) is 12.8 Å². The van der Waals surface area contributed by atoms with E-state index in [2.05, 4.69) is 16.0 Å². The van der Waals surface area contributed by atoms with Crippen LogP contribution in [0.2, 0.25) is 0 Å². The maximum absolute atomic E-state index is 13.9. The van der Waals surface area contributed by atoms with Crippen molar-refractivity contribution in [1.82, 2.24) is 25.8 Å². The molecule has 4 atom stereocenters. The molecule has 4 amide bonds. The van der Waals surface area contributed by atoms with Crippen LogP contribution in [0.1, 0.15) is 62.6 Å². The molecule has 0 saturated heterocycles. The number of benzene rings is 2. The molecule has 1 aliphatic carbocycles. The van der Waals surface area contributed by atoms with Crippen molar-refractivity contribution < 1.29 is 19.2 Å². The topological polar surface area (TPSA) is 111 Å². The van der Waals surface area contributed by atoms with Gasteiger partial charge >= 0.3 is 0 Å². The summed E-state index contributed by atoms with van der Waals surface area (Å²) < 4.78 is 0. The molecular weight excluding hydrogens is 554 g/mol. The molecule has 236 valence electrons. The second kappa shape index (κ2) is 15.7. The number of hydrogen-bond donors (Lipinski definition) is 3. The van der Waals surface area contributed by atoms with Gasteiger partial charge in [0.2, 0.25) is 23.6 Å². The average molecular weight is 602 g/mol. The lowest BCUT2D eigenvalue weighted by Crippen LogP contribution is -2.58. The summed E-state index contributed by atoms with van der Waals surface area (Å²) in [6.07, 6.45) is 9.17. The molecule has 0 radical (unpaired) electrons. The molecule has 2 aliphatic rings. The van der Waals surface area contributed by atoms with Crippen LogP contribution in [-0.2, 0) is 32.0 Å². The van der Waals surface area contributed by atoms with E-state index in [0.717, 1.165) is 48.8 Å². The third-order valence-corrected chi connectivity index (χ3v) is 8.89. The maximum Gasteiger partial charge on any atom is 0.250 e. The summed E-state index contributed by atoms with van der Waals surface area (Å²) in [7, 11) is 1.70. The van der Waals surface area contributed by atoms with Gasteiger partial charge in [-0.05, 0) is 64.1 Å².